The van der Waals surface area contributed by atoms with Crippen molar-refractivity contribution in [2.45, 2.75) is 12.8 Å². The van der Waals surface area contributed by atoms with E-state index in [0.29, 0.717) is 42.1 Å². The van der Waals surface area contributed by atoms with Crippen molar-refractivity contribution in [3.8, 4) is 0 Å². The highest BCUT2D eigenvalue weighted by atomic mass is 35.5. The second-order valence-electron chi connectivity index (χ2n) is 5.92. The maximum absolute atomic E-state index is 13.0. The van der Waals surface area contributed by atoms with E-state index < -0.39 is 0 Å². The van der Waals surface area contributed by atoms with E-state index in [1.165, 1.54) is 24.3 Å². The Morgan fingerprint density at radius 3 is 2.25 bits per heavy atom. The van der Waals surface area contributed by atoms with Crippen LogP contribution in [0.25, 0.3) is 0 Å². The molecule has 5 heteroatoms. The van der Waals surface area contributed by atoms with Crippen molar-refractivity contribution < 1.29 is 14.0 Å². The van der Waals surface area contributed by atoms with Crippen molar-refractivity contribution >= 4 is 23.3 Å². The van der Waals surface area contributed by atoms with Crippen LogP contribution >= 0.6 is 11.6 Å². The Bertz CT molecular complexity index is 752. The summed E-state index contributed by atoms with van der Waals surface area (Å²) in [6.07, 6.45) is 1.21. The maximum atomic E-state index is 13.0. The maximum Gasteiger partial charge on any atom is 0.255 e. The molecule has 0 aliphatic carbocycles. The molecule has 0 spiro atoms. The molecule has 2 aromatic carbocycles. The zero-order valence-electron chi connectivity index (χ0n) is 13.0. The van der Waals surface area contributed by atoms with E-state index in [-0.39, 0.29) is 23.4 Å². The lowest BCUT2D eigenvalue weighted by Crippen LogP contribution is -2.40. The minimum atomic E-state index is -0.355. The van der Waals surface area contributed by atoms with Crippen molar-refractivity contribution in [1.82, 2.24) is 4.90 Å². The number of carbonyl (C=O) groups excluding carboxylic acids is 2. The molecule has 0 aromatic heterocycles. The molecule has 1 aliphatic rings. The minimum absolute atomic E-state index is 0.0137. The number of benzene rings is 2. The molecule has 0 bridgehead atoms. The second-order valence-corrected chi connectivity index (χ2v) is 6.32. The van der Waals surface area contributed by atoms with Crippen LogP contribution in [-0.2, 0) is 0 Å². The number of hydrogen-bond acceptors (Lipinski definition) is 2. The Morgan fingerprint density at radius 2 is 1.62 bits per heavy atom. The third-order valence-electron chi connectivity index (χ3n) is 4.39. The molecule has 1 aliphatic heterocycles. The molecule has 1 heterocycles. The number of rotatable bonds is 3. The summed E-state index contributed by atoms with van der Waals surface area (Å²) in [7, 11) is 0. The van der Waals surface area contributed by atoms with Crippen molar-refractivity contribution in [3.63, 3.8) is 0 Å². The van der Waals surface area contributed by atoms with Gasteiger partial charge in [-0.25, -0.2) is 4.39 Å². The summed E-state index contributed by atoms with van der Waals surface area (Å²) in [5.74, 6) is -0.578. The number of amides is 1. The lowest BCUT2D eigenvalue weighted by atomic mass is 9.88. The molecule has 2 aromatic rings. The van der Waals surface area contributed by atoms with Gasteiger partial charge < -0.3 is 4.90 Å². The van der Waals surface area contributed by atoms with Crippen molar-refractivity contribution in [2.75, 3.05) is 13.1 Å². The van der Waals surface area contributed by atoms with Crippen LogP contribution in [-0.4, -0.2) is 29.7 Å². The van der Waals surface area contributed by atoms with Gasteiger partial charge in [-0.15, -0.1) is 0 Å². The van der Waals surface area contributed by atoms with Gasteiger partial charge in [0.05, 0.1) is 10.6 Å². The van der Waals surface area contributed by atoms with Crippen LogP contribution in [0.1, 0.15) is 33.6 Å². The van der Waals surface area contributed by atoms with Crippen molar-refractivity contribution in [3.05, 3.63) is 70.5 Å². The lowest BCUT2D eigenvalue weighted by Gasteiger charge is -2.31. The van der Waals surface area contributed by atoms with Crippen molar-refractivity contribution in [2.24, 2.45) is 5.92 Å². The van der Waals surface area contributed by atoms with Gasteiger partial charge in [-0.3, -0.25) is 9.59 Å². The zero-order chi connectivity index (χ0) is 17.1. The smallest absolute Gasteiger partial charge is 0.255 e. The number of piperidine rings is 1. The molecular formula is C19H17ClFNO2. The van der Waals surface area contributed by atoms with Crippen LogP contribution in [0.15, 0.2) is 48.5 Å². The molecule has 24 heavy (non-hydrogen) atoms. The van der Waals surface area contributed by atoms with Crippen LogP contribution in [0.3, 0.4) is 0 Å². The van der Waals surface area contributed by atoms with Crippen LogP contribution in [0.4, 0.5) is 4.39 Å². The summed E-state index contributed by atoms with van der Waals surface area (Å²) in [5, 5.41) is 0.437. The second kappa shape index (κ2) is 7.14. The van der Waals surface area contributed by atoms with Crippen LogP contribution in [0.2, 0.25) is 5.02 Å². The van der Waals surface area contributed by atoms with Gasteiger partial charge in [-0.2, -0.15) is 0 Å². The molecule has 0 radical (unpaired) electrons. The number of likely N-dealkylation sites (tertiary alicyclic amines) is 1. The lowest BCUT2D eigenvalue weighted by molar-refractivity contribution is 0.0650. The third kappa shape index (κ3) is 3.49. The van der Waals surface area contributed by atoms with Gasteiger partial charge in [-0.05, 0) is 49.2 Å². The monoisotopic (exact) mass is 345 g/mol. The first-order chi connectivity index (χ1) is 11.6. The molecule has 1 fully saturated rings. The highest BCUT2D eigenvalue weighted by Crippen LogP contribution is 2.25. The largest absolute Gasteiger partial charge is 0.339 e. The Balaban J connectivity index is 1.63. The number of ketones is 1. The van der Waals surface area contributed by atoms with Gasteiger partial charge in [0.2, 0.25) is 0 Å². The van der Waals surface area contributed by atoms with Crippen molar-refractivity contribution in [1.29, 1.82) is 0 Å². The van der Waals surface area contributed by atoms with E-state index >= 15 is 0 Å². The van der Waals surface area contributed by atoms with Crippen LogP contribution < -0.4 is 0 Å². The predicted molar refractivity (Wildman–Crippen MR) is 90.8 cm³/mol. The Labute approximate surface area is 145 Å². The Hall–Kier alpha value is -2.20. The molecule has 0 unspecified atom stereocenters. The molecule has 3 rings (SSSR count). The van der Waals surface area contributed by atoms with Gasteiger partial charge in [-0.1, -0.05) is 23.7 Å². The first-order valence-electron chi connectivity index (χ1n) is 7.90. The van der Waals surface area contributed by atoms with E-state index in [0.717, 1.165) is 0 Å². The summed E-state index contributed by atoms with van der Waals surface area (Å²) in [6.45, 7) is 1.03. The van der Waals surface area contributed by atoms with Crippen LogP contribution in [0.5, 0.6) is 0 Å². The fourth-order valence-electron chi connectivity index (χ4n) is 3.00. The summed E-state index contributed by atoms with van der Waals surface area (Å²) in [4.78, 5) is 26.7. The summed E-state index contributed by atoms with van der Waals surface area (Å²) < 4.78 is 13.0. The first-order valence-corrected chi connectivity index (χ1v) is 8.27. The molecular weight excluding hydrogens is 329 g/mol. The topological polar surface area (TPSA) is 37.4 Å². The number of carbonyl (C=O) groups is 2. The highest BCUT2D eigenvalue weighted by Gasteiger charge is 2.28. The molecule has 0 saturated carbocycles. The normalized spacial score (nSPS) is 15.3. The van der Waals surface area contributed by atoms with Crippen LogP contribution in [0, 0.1) is 11.7 Å². The summed E-state index contributed by atoms with van der Waals surface area (Å²) in [5.41, 5.74) is 1.01. The molecule has 1 amide bonds. The van der Waals surface area contributed by atoms with E-state index in [4.69, 9.17) is 11.6 Å². The summed E-state index contributed by atoms with van der Waals surface area (Å²) in [6, 6.07) is 12.6. The molecule has 124 valence electrons. The fourth-order valence-corrected chi connectivity index (χ4v) is 3.22. The Kier molecular flexibility index (Phi) is 4.95. The van der Waals surface area contributed by atoms with E-state index in [2.05, 4.69) is 0 Å². The SMILES string of the molecule is O=C(c1ccc(F)cc1)C1CCN(C(=O)c2ccccc2Cl)CC1. The van der Waals surface area contributed by atoms with E-state index in [1.807, 2.05) is 0 Å². The molecule has 0 atom stereocenters. The zero-order valence-corrected chi connectivity index (χ0v) is 13.8. The molecule has 3 nitrogen and oxygen atoms in total. The van der Waals surface area contributed by atoms with Gasteiger partial charge in [0.25, 0.3) is 5.91 Å². The number of Topliss-reactive ketones (excluding diaryl/α,β-unsaturated/α-hetero) is 1. The highest BCUT2D eigenvalue weighted by molar-refractivity contribution is 6.33. The first kappa shape index (κ1) is 16.7. The third-order valence-corrected chi connectivity index (χ3v) is 4.72. The Morgan fingerprint density at radius 1 is 1.00 bits per heavy atom. The van der Waals surface area contributed by atoms with Gasteiger partial charge in [0.15, 0.2) is 5.78 Å². The predicted octanol–water partition coefficient (Wildman–Crippen LogP) is 4.21. The standard InChI is InChI=1S/C19H17ClFNO2/c20-17-4-2-1-3-16(17)19(24)22-11-9-14(10-12-22)18(23)13-5-7-15(21)8-6-13/h1-8,14H,9-12H2. The number of halogens is 2. The van der Waals surface area contributed by atoms with Gasteiger partial charge in [0, 0.05) is 24.6 Å². The van der Waals surface area contributed by atoms with E-state index in [9.17, 15) is 14.0 Å². The van der Waals surface area contributed by atoms with Gasteiger partial charge >= 0.3 is 0 Å². The number of hydrogen-bond donors (Lipinski definition) is 0. The average Bonchev–Trinajstić information content (AvgIpc) is 2.62. The summed E-state index contributed by atoms with van der Waals surface area (Å²) >= 11 is 6.08. The van der Waals surface area contributed by atoms with Gasteiger partial charge in [0.1, 0.15) is 5.82 Å². The molecule has 1 saturated heterocycles. The quantitative estimate of drug-likeness (QED) is 0.781. The minimum Gasteiger partial charge on any atom is -0.339 e. The molecule has 0 N–H and O–H groups in total. The number of nitrogens with zero attached hydrogens (tertiary/aromatic N) is 1. The fraction of sp³-hybridized carbons (Fsp3) is 0.263. The average molecular weight is 346 g/mol. The van der Waals surface area contributed by atoms with E-state index in [1.54, 1.807) is 29.2 Å².